The lowest BCUT2D eigenvalue weighted by Gasteiger charge is -2.50. The van der Waals surface area contributed by atoms with Gasteiger partial charge in [-0.25, -0.2) is 0 Å². The molecule has 0 saturated heterocycles. The van der Waals surface area contributed by atoms with Gasteiger partial charge in [0.1, 0.15) is 0 Å². The van der Waals surface area contributed by atoms with E-state index in [1.807, 2.05) is 0 Å². The molecule has 0 unspecified atom stereocenters. The summed E-state index contributed by atoms with van der Waals surface area (Å²) in [7, 11) is 0. The first-order valence-electron chi connectivity index (χ1n) is 8.84. The van der Waals surface area contributed by atoms with Crippen LogP contribution in [0.4, 0.5) is 0 Å². The lowest BCUT2D eigenvalue weighted by atomic mass is 9.58. The Balaban J connectivity index is 2.08. The van der Waals surface area contributed by atoms with Crippen LogP contribution in [0.2, 0.25) is 0 Å². The fourth-order valence-electron chi connectivity index (χ4n) is 4.60. The highest BCUT2D eigenvalue weighted by Crippen LogP contribution is 2.50. The van der Waals surface area contributed by atoms with Gasteiger partial charge in [-0.05, 0) is 89.9 Å². The molecule has 0 aromatic carbocycles. The highest BCUT2D eigenvalue weighted by molar-refractivity contribution is 5.13. The van der Waals surface area contributed by atoms with Gasteiger partial charge in [0.2, 0.25) is 0 Å². The predicted octanol–water partition coefficient (Wildman–Crippen LogP) is 5.50. The third kappa shape index (κ3) is 4.00. The van der Waals surface area contributed by atoms with Gasteiger partial charge in [0.15, 0.2) is 0 Å². The first-order chi connectivity index (χ1) is 9.81. The Bertz CT molecular complexity index is 412. The second kappa shape index (κ2) is 6.69. The molecular formula is C20H34O. The van der Waals surface area contributed by atoms with Crippen molar-refractivity contribution in [2.75, 3.05) is 0 Å². The number of hydrogen-bond acceptors (Lipinski definition) is 1. The average Bonchev–Trinajstić information content (AvgIpc) is 2.37. The van der Waals surface area contributed by atoms with Gasteiger partial charge in [-0.15, -0.1) is 0 Å². The molecule has 1 nitrogen and oxygen atoms in total. The maximum Gasteiger partial charge on any atom is 0.0653 e. The lowest BCUT2D eigenvalue weighted by molar-refractivity contribution is -0.0823. The Morgan fingerprint density at radius 3 is 2.81 bits per heavy atom. The van der Waals surface area contributed by atoms with E-state index in [0.29, 0.717) is 11.8 Å². The molecule has 2 rings (SSSR count). The molecule has 0 aromatic heterocycles. The summed E-state index contributed by atoms with van der Waals surface area (Å²) in [6.07, 6.45) is 11.9. The molecule has 0 radical (unpaired) electrons. The molecule has 0 amide bonds. The first kappa shape index (κ1) is 16.8. The topological polar surface area (TPSA) is 20.2 Å². The van der Waals surface area contributed by atoms with Crippen LogP contribution in [0, 0.1) is 23.7 Å². The van der Waals surface area contributed by atoms with Crippen LogP contribution in [0.25, 0.3) is 0 Å². The monoisotopic (exact) mass is 290 g/mol. The van der Waals surface area contributed by atoms with Crippen molar-refractivity contribution in [1.29, 1.82) is 0 Å². The summed E-state index contributed by atoms with van der Waals surface area (Å²) in [6.45, 7) is 11.1. The number of rotatable bonds is 4. The molecule has 0 spiro atoms. The van der Waals surface area contributed by atoms with Gasteiger partial charge in [0.25, 0.3) is 0 Å². The van der Waals surface area contributed by atoms with Crippen molar-refractivity contribution in [2.24, 2.45) is 23.7 Å². The smallest absolute Gasteiger partial charge is 0.0653 e. The van der Waals surface area contributed by atoms with Gasteiger partial charge in [-0.2, -0.15) is 0 Å². The van der Waals surface area contributed by atoms with E-state index in [1.165, 1.54) is 43.3 Å². The van der Waals surface area contributed by atoms with Crippen LogP contribution in [0.3, 0.4) is 0 Å². The van der Waals surface area contributed by atoms with E-state index in [-0.39, 0.29) is 0 Å². The van der Waals surface area contributed by atoms with Crippen LogP contribution in [0.1, 0.15) is 73.1 Å². The standard InChI is InChI=1S/C20H34O/c1-14(2)7-6-8-16(4)17-11-12-20(5,21)19-10-9-15(3)13-18(17)19/h7,13,16-19,21H,6,8-12H2,1-5H3/t16-,17+,18+,19-,20+/m1/s1. The summed E-state index contributed by atoms with van der Waals surface area (Å²) in [5, 5.41) is 10.8. The molecule has 1 heteroatoms. The van der Waals surface area contributed by atoms with Crippen LogP contribution in [-0.2, 0) is 0 Å². The Morgan fingerprint density at radius 2 is 2.14 bits per heavy atom. The summed E-state index contributed by atoms with van der Waals surface area (Å²) in [5.41, 5.74) is 2.52. The van der Waals surface area contributed by atoms with E-state index in [0.717, 1.165) is 18.3 Å². The SMILES string of the molecule is CC(C)=CCC[C@@H](C)[C@@H]1CC[C@](C)(O)[C@@H]2CCC(C)=C[C@@H]12. The van der Waals surface area contributed by atoms with Crippen molar-refractivity contribution in [3.8, 4) is 0 Å². The van der Waals surface area contributed by atoms with Crippen LogP contribution in [0.5, 0.6) is 0 Å². The highest BCUT2D eigenvalue weighted by Gasteiger charge is 2.46. The molecule has 5 atom stereocenters. The molecule has 21 heavy (non-hydrogen) atoms. The summed E-state index contributed by atoms with van der Waals surface area (Å²) in [5.74, 6) is 2.59. The molecule has 0 aromatic rings. The molecule has 1 fully saturated rings. The Morgan fingerprint density at radius 1 is 1.43 bits per heavy atom. The third-order valence-corrected chi connectivity index (χ3v) is 5.97. The van der Waals surface area contributed by atoms with Crippen molar-refractivity contribution in [2.45, 2.75) is 78.7 Å². The second-order valence-corrected chi connectivity index (χ2v) is 8.13. The van der Waals surface area contributed by atoms with Crippen LogP contribution in [-0.4, -0.2) is 10.7 Å². The molecule has 0 heterocycles. The van der Waals surface area contributed by atoms with Crippen LogP contribution in [0.15, 0.2) is 23.3 Å². The van der Waals surface area contributed by atoms with Crippen molar-refractivity contribution >= 4 is 0 Å². The number of aliphatic hydroxyl groups is 1. The summed E-state index contributed by atoms with van der Waals surface area (Å²) in [6, 6.07) is 0. The van der Waals surface area contributed by atoms with Gasteiger partial charge in [0, 0.05) is 0 Å². The average molecular weight is 290 g/mol. The van der Waals surface area contributed by atoms with Gasteiger partial charge < -0.3 is 5.11 Å². The van der Waals surface area contributed by atoms with E-state index < -0.39 is 5.60 Å². The summed E-state index contributed by atoms with van der Waals surface area (Å²) in [4.78, 5) is 0. The van der Waals surface area contributed by atoms with Crippen molar-refractivity contribution in [3.05, 3.63) is 23.3 Å². The second-order valence-electron chi connectivity index (χ2n) is 8.13. The largest absolute Gasteiger partial charge is 0.390 e. The first-order valence-corrected chi connectivity index (χ1v) is 8.84. The van der Waals surface area contributed by atoms with Crippen LogP contribution >= 0.6 is 0 Å². The van der Waals surface area contributed by atoms with Gasteiger partial charge >= 0.3 is 0 Å². The van der Waals surface area contributed by atoms with Crippen molar-refractivity contribution in [1.82, 2.24) is 0 Å². The lowest BCUT2D eigenvalue weighted by Crippen LogP contribution is -2.48. The Hall–Kier alpha value is -0.560. The zero-order chi connectivity index (χ0) is 15.6. The van der Waals surface area contributed by atoms with Gasteiger partial charge in [0.05, 0.1) is 5.60 Å². The van der Waals surface area contributed by atoms with E-state index in [9.17, 15) is 5.11 Å². The molecular weight excluding hydrogens is 256 g/mol. The fraction of sp³-hybridized carbons (Fsp3) is 0.800. The van der Waals surface area contributed by atoms with Gasteiger partial charge in [-0.3, -0.25) is 0 Å². The van der Waals surface area contributed by atoms with E-state index in [1.54, 1.807) is 0 Å². The summed E-state index contributed by atoms with van der Waals surface area (Å²) >= 11 is 0. The maximum absolute atomic E-state index is 10.8. The zero-order valence-electron chi connectivity index (χ0n) is 14.7. The zero-order valence-corrected chi connectivity index (χ0v) is 14.7. The number of fused-ring (bicyclic) bond motifs is 1. The Kier molecular flexibility index (Phi) is 5.35. The quantitative estimate of drug-likeness (QED) is 0.678. The minimum Gasteiger partial charge on any atom is -0.390 e. The Labute approximate surface area is 131 Å². The van der Waals surface area contributed by atoms with E-state index in [4.69, 9.17) is 0 Å². The van der Waals surface area contributed by atoms with Crippen molar-refractivity contribution in [3.63, 3.8) is 0 Å². The molecule has 1 saturated carbocycles. The molecule has 2 aliphatic rings. The predicted molar refractivity (Wildman–Crippen MR) is 91.1 cm³/mol. The van der Waals surface area contributed by atoms with Crippen molar-refractivity contribution < 1.29 is 5.11 Å². The molecule has 0 aliphatic heterocycles. The number of hydrogen-bond donors (Lipinski definition) is 1. The normalized spacial score (nSPS) is 37.4. The van der Waals surface area contributed by atoms with E-state index in [2.05, 4.69) is 46.8 Å². The highest BCUT2D eigenvalue weighted by atomic mass is 16.3. The molecule has 2 aliphatic carbocycles. The minimum atomic E-state index is -0.446. The van der Waals surface area contributed by atoms with E-state index >= 15 is 0 Å². The summed E-state index contributed by atoms with van der Waals surface area (Å²) < 4.78 is 0. The molecule has 0 bridgehead atoms. The molecule has 1 N–H and O–H groups in total. The minimum absolute atomic E-state index is 0.446. The third-order valence-electron chi connectivity index (χ3n) is 5.97. The number of allylic oxidation sites excluding steroid dienone is 4. The van der Waals surface area contributed by atoms with Gasteiger partial charge in [-0.1, -0.05) is 30.2 Å². The maximum atomic E-state index is 10.8. The fourth-order valence-corrected chi connectivity index (χ4v) is 4.60. The van der Waals surface area contributed by atoms with Crippen LogP contribution < -0.4 is 0 Å². The molecule has 120 valence electrons.